The van der Waals surface area contributed by atoms with Crippen LogP contribution in [0, 0.1) is 0 Å². The molecule has 0 saturated heterocycles. The fraction of sp³-hybridized carbons (Fsp3) is 0.208. The summed E-state index contributed by atoms with van der Waals surface area (Å²) in [5, 5.41) is 14.0. The molecule has 0 bridgehead atoms. The number of aromatic hydroxyl groups is 1. The monoisotopic (exact) mass is 434 g/mol. The van der Waals surface area contributed by atoms with Crippen molar-refractivity contribution < 1.29 is 5.11 Å². The third kappa shape index (κ3) is 4.03. The number of para-hydroxylation sites is 1. The zero-order valence-corrected chi connectivity index (χ0v) is 17.4. The van der Waals surface area contributed by atoms with E-state index in [4.69, 9.17) is 4.99 Å². The second kappa shape index (κ2) is 8.29. The summed E-state index contributed by atoms with van der Waals surface area (Å²) in [5.74, 6) is 0.317. The van der Waals surface area contributed by atoms with Crippen molar-refractivity contribution in [2.45, 2.75) is 32.0 Å². The molecule has 3 aromatic rings. The molecule has 1 aliphatic heterocycles. The molecule has 0 radical (unpaired) electrons. The molecule has 0 saturated carbocycles. The maximum Gasteiger partial charge on any atom is 0.126 e. The molecule has 3 aromatic carbocycles. The van der Waals surface area contributed by atoms with Crippen molar-refractivity contribution in [1.82, 2.24) is 5.32 Å². The molecule has 2 unspecified atom stereocenters. The highest BCUT2D eigenvalue weighted by molar-refractivity contribution is 9.10. The van der Waals surface area contributed by atoms with Crippen molar-refractivity contribution in [2.24, 2.45) is 4.99 Å². The van der Waals surface area contributed by atoms with Crippen LogP contribution in [0.3, 0.4) is 0 Å². The van der Waals surface area contributed by atoms with Crippen LogP contribution in [0.15, 0.2) is 82.3 Å². The Morgan fingerprint density at radius 1 is 1.00 bits per heavy atom. The van der Waals surface area contributed by atoms with Crippen molar-refractivity contribution in [3.05, 3.63) is 99.5 Å². The zero-order chi connectivity index (χ0) is 19.5. The normalized spacial score (nSPS) is 19.3. The predicted molar refractivity (Wildman–Crippen MR) is 118 cm³/mol. The van der Waals surface area contributed by atoms with Gasteiger partial charge in [-0.05, 0) is 41.3 Å². The van der Waals surface area contributed by atoms with Gasteiger partial charge < -0.3 is 5.11 Å². The van der Waals surface area contributed by atoms with E-state index in [1.54, 1.807) is 6.07 Å². The Morgan fingerprint density at radius 2 is 1.71 bits per heavy atom. The first-order valence-corrected chi connectivity index (χ1v) is 10.4. The minimum absolute atomic E-state index is 0.00630. The minimum Gasteiger partial charge on any atom is -0.508 e. The Morgan fingerprint density at radius 3 is 2.39 bits per heavy atom. The molecule has 3 nitrogen and oxygen atoms in total. The Balaban J connectivity index is 1.73. The summed E-state index contributed by atoms with van der Waals surface area (Å²) in [6, 6.07) is 24.4. The summed E-state index contributed by atoms with van der Waals surface area (Å²) in [5.41, 5.74) is 5.52. The first kappa shape index (κ1) is 18.9. The number of nitrogens with one attached hydrogen (secondary N) is 1. The number of phenols is 1. The summed E-state index contributed by atoms with van der Waals surface area (Å²) in [7, 11) is 0. The highest BCUT2D eigenvalue weighted by atomic mass is 79.9. The lowest BCUT2D eigenvalue weighted by Gasteiger charge is -2.31. The summed E-state index contributed by atoms with van der Waals surface area (Å²) >= 11 is 3.50. The number of aryl methyl sites for hydroxylation is 1. The number of nitrogens with zero attached hydrogens (tertiary/aromatic N) is 1. The number of rotatable bonds is 4. The van der Waals surface area contributed by atoms with Crippen LogP contribution in [0.4, 0.5) is 0 Å². The van der Waals surface area contributed by atoms with Crippen LogP contribution in [0.5, 0.6) is 5.75 Å². The molecule has 0 fully saturated rings. The molecule has 0 aliphatic carbocycles. The summed E-state index contributed by atoms with van der Waals surface area (Å²) in [6.07, 6.45) is 1.60. The van der Waals surface area contributed by atoms with Gasteiger partial charge >= 0.3 is 0 Å². The van der Waals surface area contributed by atoms with Crippen LogP contribution in [-0.2, 0) is 6.42 Å². The smallest absolute Gasteiger partial charge is 0.126 e. The first-order valence-electron chi connectivity index (χ1n) is 9.59. The molecule has 4 rings (SSSR count). The fourth-order valence-electron chi connectivity index (χ4n) is 3.61. The second-order valence-electron chi connectivity index (χ2n) is 7.06. The summed E-state index contributed by atoms with van der Waals surface area (Å²) < 4.78 is 1.05. The number of hydrogen-bond acceptors (Lipinski definition) is 3. The lowest BCUT2D eigenvalue weighted by molar-refractivity contribution is 0.412. The van der Waals surface area contributed by atoms with Gasteiger partial charge in [-0.15, -0.1) is 0 Å². The molecule has 0 spiro atoms. The molecule has 142 valence electrons. The van der Waals surface area contributed by atoms with Gasteiger partial charge in [0.15, 0.2) is 0 Å². The Bertz CT molecular complexity index is 980. The molecular weight excluding hydrogens is 412 g/mol. The lowest BCUT2D eigenvalue weighted by atomic mass is 9.93. The largest absolute Gasteiger partial charge is 0.508 e. The van der Waals surface area contributed by atoms with E-state index in [9.17, 15) is 5.11 Å². The van der Waals surface area contributed by atoms with E-state index in [-0.39, 0.29) is 12.2 Å². The van der Waals surface area contributed by atoms with Gasteiger partial charge in [0.2, 0.25) is 0 Å². The van der Waals surface area contributed by atoms with Gasteiger partial charge in [-0.25, -0.2) is 0 Å². The van der Waals surface area contributed by atoms with Crippen molar-refractivity contribution >= 4 is 21.6 Å². The SMILES string of the molecule is CCc1ccc(C2=NC(c3ccc(Br)cc3)NC(c3ccccc3O)C2)cc1. The Kier molecular flexibility index (Phi) is 5.60. The number of aliphatic imine (C=N–C) groups is 1. The highest BCUT2D eigenvalue weighted by Crippen LogP contribution is 2.34. The molecule has 1 heterocycles. The van der Waals surface area contributed by atoms with Crippen LogP contribution < -0.4 is 5.32 Å². The molecule has 2 N–H and O–H groups in total. The van der Waals surface area contributed by atoms with Gasteiger partial charge in [-0.2, -0.15) is 0 Å². The number of benzene rings is 3. The van der Waals surface area contributed by atoms with Crippen molar-refractivity contribution in [3.8, 4) is 5.75 Å². The van der Waals surface area contributed by atoms with Gasteiger partial charge in [0.1, 0.15) is 11.9 Å². The van der Waals surface area contributed by atoms with E-state index < -0.39 is 0 Å². The van der Waals surface area contributed by atoms with Crippen LogP contribution in [0.25, 0.3) is 0 Å². The number of phenolic OH excluding ortho intramolecular Hbond substituents is 1. The topological polar surface area (TPSA) is 44.6 Å². The molecule has 2 atom stereocenters. The van der Waals surface area contributed by atoms with Gasteiger partial charge in [0.25, 0.3) is 0 Å². The molecule has 0 amide bonds. The molecule has 0 aromatic heterocycles. The number of hydrogen-bond donors (Lipinski definition) is 2. The van der Waals surface area contributed by atoms with Crippen molar-refractivity contribution in [3.63, 3.8) is 0 Å². The van der Waals surface area contributed by atoms with Crippen LogP contribution in [0.1, 0.15) is 47.8 Å². The number of halogens is 1. The van der Waals surface area contributed by atoms with Gasteiger partial charge in [-0.1, -0.05) is 77.5 Å². The van der Waals surface area contributed by atoms with E-state index in [1.165, 1.54) is 5.56 Å². The molecule has 4 heteroatoms. The van der Waals surface area contributed by atoms with E-state index in [2.05, 4.69) is 64.6 Å². The maximum absolute atomic E-state index is 10.4. The Hall–Kier alpha value is -2.43. The van der Waals surface area contributed by atoms with Crippen LogP contribution >= 0.6 is 15.9 Å². The summed E-state index contributed by atoms with van der Waals surface area (Å²) in [6.45, 7) is 2.16. The van der Waals surface area contributed by atoms with Crippen molar-refractivity contribution in [1.29, 1.82) is 0 Å². The predicted octanol–water partition coefficient (Wildman–Crippen LogP) is 5.94. The fourth-order valence-corrected chi connectivity index (χ4v) is 3.88. The van der Waals surface area contributed by atoms with E-state index in [1.807, 2.05) is 30.3 Å². The van der Waals surface area contributed by atoms with E-state index in [0.717, 1.165) is 39.7 Å². The molecule has 1 aliphatic rings. The van der Waals surface area contributed by atoms with Crippen LogP contribution in [-0.4, -0.2) is 10.8 Å². The molecule has 28 heavy (non-hydrogen) atoms. The average Bonchev–Trinajstić information content (AvgIpc) is 2.74. The second-order valence-corrected chi connectivity index (χ2v) is 7.98. The third-order valence-corrected chi connectivity index (χ3v) is 5.76. The zero-order valence-electron chi connectivity index (χ0n) is 15.8. The van der Waals surface area contributed by atoms with E-state index in [0.29, 0.717) is 5.75 Å². The van der Waals surface area contributed by atoms with Crippen molar-refractivity contribution in [2.75, 3.05) is 0 Å². The molecular formula is C24H23BrN2O. The first-order chi connectivity index (χ1) is 13.6. The third-order valence-electron chi connectivity index (χ3n) is 5.23. The average molecular weight is 435 g/mol. The van der Waals surface area contributed by atoms with Gasteiger partial charge in [-0.3, -0.25) is 10.3 Å². The van der Waals surface area contributed by atoms with Crippen LogP contribution in [0.2, 0.25) is 0 Å². The van der Waals surface area contributed by atoms with E-state index >= 15 is 0 Å². The minimum atomic E-state index is -0.160. The standard InChI is InChI=1S/C24H23BrN2O/c1-2-16-7-9-17(10-8-16)21-15-22(20-5-3-4-6-23(20)28)27-24(26-21)18-11-13-19(25)14-12-18/h3-14,22,24,27-28H,2,15H2,1H3. The maximum atomic E-state index is 10.4. The van der Waals surface area contributed by atoms with Gasteiger partial charge in [0, 0.05) is 28.2 Å². The lowest BCUT2D eigenvalue weighted by Crippen LogP contribution is -2.33. The summed E-state index contributed by atoms with van der Waals surface area (Å²) in [4.78, 5) is 5.02. The van der Waals surface area contributed by atoms with Gasteiger partial charge in [0.05, 0.1) is 0 Å². The quantitative estimate of drug-likeness (QED) is 0.533. The highest BCUT2D eigenvalue weighted by Gasteiger charge is 2.27. The Labute approximate surface area is 174 Å².